The molecule has 0 bridgehead atoms. The molecule has 1 rings (SSSR count). The van der Waals surface area contributed by atoms with Crippen molar-refractivity contribution < 1.29 is 13.2 Å². The predicted molar refractivity (Wildman–Crippen MR) is 56.2 cm³/mol. The van der Waals surface area contributed by atoms with Crippen molar-refractivity contribution in [2.45, 2.75) is 19.1 Å². The van der Waals surface area contributed by atoms with Crippen LogP contribution in [0, 0.1) is 0 Å². The number of hydrogen-bond acceptors (Lipinski definition) is 3. The summed E-state index contributed by atoms with van der Waals surface area (Å²) < 4.78 is 36.3. The first-order chi connectivity index (χ1) is 7.29. The molecule has 0 saturated heterocycles. The van der Waals surface area contributed by atoms with E-state index in [1.54, 1.807) is 13.0 Å². The fourth-order valence-electron chi connectivity index (χ4n) is 1.24. The summed E-state index contributed by atoms with van der Waals surface area (Å²) in [6.45, 7) is 0.771. The van der Waals surface area contributed by atoms with Gasteiger partial charge in [0, 0.05) is 19.3 Å². The Labute approximate surface area is 92.1 Å². The number of rotatable bonds is 3. The highest BCUT2D eigenvalue weighted by Crippen LogP contribution is 2.20. The van der Waals surface area contributed by atoms with Crippen molar-refractivity contribution in [2.24, 2.45) is 5.73 Å². The number of nitrogens with two attached hydrogens (primary N) is 1. The van der Waals surface area contributed by atoms with E-state index < -0.39 is 12.7 Å². The van der Waals surface area contributed by atoms with Crippen molar-refractivity contribution in [1.29, 1.82) is 0 Å². The Morgan fingerprint density at radius 1 is 1.44 bits per heavy atom. The van der Waals surface area contributed by atoms with Gasteiger partial charge in [-0.2, -0.15) is 13.2 Å². The highest BCUT2D eigenvalue weighted by atomic mass is 19.4. The molecule has 90 valence electrons. The zero-order valence-electron chi connectivity index (χ0n) is 9.12. The SMILES string of the molecule is CC(N)c1ccc(N(C)CC(F)(F)F)nc1. The van der Waals surface area contributed by atoms with Crippen molar-refractivity contribution in [1.82, 2.24) is 4.98 Å². The van der Waals surface area contributed by atoms with Gasteiger partial charge in [0.15, 0.2) is 0 Å². The van der Waals surface area contributed by atoms with Crippen LogP contribution in [-0.2, 0) is 0 Å². The molecule has 16 heavy (non-hydrogen) atoms. The topological polar surface area (TPSA) is 42.1 Å². The van der Waals surface area contributed by atoms with Crippen LogP contribution >= 0.6 is 0 Å². The van der Waals surface area contributed by atoms with E-state index >= 15 is 0 Å². The monoisotopic (exact) mass is 233 g/mol. The van der Waals surface area contributed by atoms with Gasteiger partial charge in [0.1, 0.15) is 12.4 Å². The smallest absolute Gasteiger partial charge is 0.351 e. The largest absolute Gasteiger partial charge is 0.405 e. The van der Waals surface area contributed by atoms with Crippen molar-refractivity contribution in [3.63, 3.8) is 0 Å². The number of hydrogen-bond donors (Lipinski definition) is 1. The molecule has 0 aliphatic carbocycles. The van der Waals surface area contributed by atoms with Crippen LogP contribution in [0.1, 0.15) is 18.5 Å². The molecule has 1 atom stereocenters. The van der Waals surface area contributed by atoms with E-state index in [2.05, 4.69) is 4.98 Å². The molecule has 3 nitrogen and oxygen atoms in total. The van der Waals surface area contributed by atoms with Crippen LogP contribution in [0.3, 0.4) is 0 Å². The first-order valence-corrected chi connectivity index (χ1v) is 4.79. The fourth-order valence-corrected chi connectivity index (χ4v) is 1.24. The van der Waals surface area contributed by atoms with Crippen LogP contribution in [0.2, 0.25) is 0 Å². The second-order valence-electron chi connectivity index (χ2n) is 3.71. The summed E-state index contributed by atoms with van der Waals surface area (Å²) in [7, 11) is 1.35. The number of nitrogens with zero attached hydrogens (tertiary/aromatic N) is 2. The molecular weight excluding hydrogens is 219 g/mol. The van der Waals surface area contributed by atoms with Crippen molar-refractivity contribution in [3.05, 3.63) is 23.9 Å². The highest BCUT2D eigenvalue weighted by molar-refractivity contribution is 5.38. The lowest BCUT2D eigenvalue weighted by atomic mass is 10.1. The predicted octanol–water partition coefficient (Wildman–Crippen LogP) is 2.10. The second kappa shape index (κ2) is 4.69. The summed E-state index contributed by atoms with van der Waals surface area (Å²) in [4.78, 5) is 4.98. The summed E-state index contributed by atoms with van der Waals surface area (Å²) in [5.41, 5.74) is 6.40. The molecule has 0 aliphatic heterocycles. The third kappa shape index (κ3) is 3.69. The molecule has 1 aromatic rings. The maximum absolute atomic E-state index is 12.1. The molecule has 0 saturated carbocycles. The number of aromatic nitrogens is 1. The van der Waals surface area contributed by atoms with Crippen LogP contribution < -0.4 is 10.6 Å². The van der Waals surface area contributed by atoms with E-state index in [4.69, 9.17) is 5.73 Å². The van der Waals surface area contributed by atoms with Gasteiger partial charge in [-0.25, -0.2) is 4.98 Å². The summed E-state index contributed by atoms with van der Waals surface area (Å²) in [6.07, 6.45) is -2.73. The van der Waals surface area contributed by atoms with Gasteiger partial charge in [0.2, 0.25) is 0 Å². The first-order valence-electron chi connectivity index (χ1n) is 4.79. The molecule has 0 aliphatic rings. The van der Waals surface area contributed by atoms with Gasteiger partial charge in [-0.3, -0.25) is 0 Å². The average molecular weight is 233 g/mol. The molecule has 1 unspecified atom stereocenters. The molecule has 1 aromatic heterocycles. The van der Waals surface area contributed by atoms with Gasteiger partial charge in [-0.15, -0.1) is 0 Å². The van der Waals surface area contributed by atoms with E-state index in [1.165, 1.54) is 19.3 Å². The summed E-state index contributed by atoms with van der Waals surface area (Å²) >= 11 is 0. The molecule has 0 spiro atoms. The second-order valence-corrected chi connectivity index (χ2v) is 3.71. The summed E-state index contributed by atoms with van der Waals surface area (Å²) in [5.74, 6) is 0.279. The quantitative estimate of drug-likeness (QED) is 0.869. The van der Waals surface area contributed by atoms with Gasteiger partial charge in [-0.05, 0) is 18.6 Å². The van der Waals surface area contributed by atoms with Gasteiger partial charge < -0.3 is 10.6 Å². The lowest BCUT2D eigenvalue weighted by Crippen LogP contribution is -2.31. The third-order valence-electron chi connectivity index (χ3n) is 2.10. The highest BCUT2D eigenvalue weighted by Gasteiger charge is 2.29. The van der Waals surface area contributed by atoms with Gasteiger partial charge >= 0.3 is 6.18 Å². The van der Waals surface area contributed by atoms with E-state index in [0.717, 1.165) is 10.5 Å². The van der Waals surface area contributed by atoms with E-state index in [9.17, 15) is 13.2 Å². The minimum Gasteiger partial charge on any atom is -0.351 e. The van der Waals surface area contributed by atoms with E-state index in [-0.39, 0.29) is 11.9 Å². The van der Waals surface area contributed by atoms with E-state index in [0.29, 0.717) is 0 Å². The fraction of sp³-hybridized carbons (Fsp3) is 0.500. The van der Waals surface area contributed by atoms with Crippen LogP contribution in [0.5, 0.6) is 0 Å². The maximum atomic E-state index is 12.1. The van der Waals surface area contributed by atoms with Crippen molar-refractivity contribution >= 4 is 5.82 Å². The summed E-state index contributed by atoms with van der Waals surface area (Å²) in [5, 5.41) is 0. The molecule has 0 amide bonds. The zero-order valence-corrected chi connectivity index (χ0v) is 9.12. The summed E-state index contributed by atoms with van der Waals surface area (Å²) in [6, 6.07) is 3.04. The Hall–Kier alpha value is -1.30. The van der Waals surface area contributed by atoms with Crippen LogP contribution in [0.4, 0.5) is 19.0 Å². The molecule has 6 heteroatoms. The molecule has 0 fully saturated rings. The molecule has 1 heterocycles. The van der Waals surface area contributed by atoms with Crippen LogP contribution in [-0.4, -0.2) is 24.8 Å². The minimum atomic E-state index is -4.23. The first kappa shape index (κ1) is 12.8. The molecule has 2 N–H and O–H groups in total. The molecule has 0 radical (unpaired) electrons. The number of anilines is 1. The third-order valence-corrected chi connectivity index (χ3v) is 2.10. The van der Waals surface area contributed by atoms with Crippen molar-refractivity contribution in [2.75, 3.05) is 18.5 Å². The zero-order chi connectivity index (χ0) is 12.3. The molecular formula is C10H14F3N3. The number of halogens is 3. The standard InChI is InChI=1S/C10H14F3N3/c1-7(14)8-3-4-9(15-5-8)16(2)6-10(11,12)13/h3-5,7H,6,14H2,1-2H3. The Kier molecular flexibility index (Phi) is 3.74. The Morgan fingerprint density at radius 2 is 2.06 bits per heavy atom. The Morgan fingerprint density at radius 3 is 2.44 bits per heavy atom. The lowest BCUT2D eigenvalue weighted by molar-refractivity contribution is -0.119. The number of alkyl halides is 3. The molecule has 0 aromatic carbocycles. The Balaban J connectivity index is 2.74. The normalized spacial score (nSPS) is 13.6. The minimum absolute atomic E-state index is 0.172. The lowest BCUT2D eigenvalue weighted by Gasteiger charge is -2.20. The van der Waals surface area contributed by atoms with Gasteiger partial charge in [-0.1, -0.05) is 6.07 Å². The van der Waals surface area contributed by atoms with Crippen LogP contribution in [0.25, 0.3) is 0 Å². The van der Waals surface area contributed by atoms with Gasteiger partial charge in [0.25, 0.3) is 0 Å². The average Bonchev–Trinajstić information content (AvgIpc) is 2.15. The van der Waals surface area contributed by atoms with Crippen LogP contribution in [0.15, 0.2) is 18.3 Å². The van der Waals surface area contributed by atoms with Crippen molar-refractivity contribution in [3.8, 4) is 0 Å². The number of pyridine rings is 1. The maximum Gasteiger partial charge on any atom is 0.405 e. The van der Waals surface area contributed by atoms with E-state index in [1.807, 2.05) is 0 Å². The van der Waals surface area contributed by atoms with Gasteiger partial charge in [0.05, 0.1) is 0 Å². The Bertz CT molecular complexity index is 332.